The molecule has 1 saturated carbocycles. The summed E-state index contributed by atoms with van der Waals surface area (Å²) < 4.78 is 40.9. The maximum atomic E-state index is 12.3. The molecule has 128 valence electrons. The third kappa shape index (κ3) is 5.74. The fraction of sp³-hybridized carbons (Fsp3) is 0.562. The van der Waals surface area contributed by atoms with Crippen LogP contribution in [0.15, 0.2) is 24.3 Å². The summed E-state index contributed by atoms with van der Waals surface area (Å²) >= 11 is 0. The van der Waals surface area contributed by atoms with E-state index in [1.165, 1.54) is 18.2 Å². The summed E-state index contributed by atoms with van der Waals surface area (Å²) in [4.78, 5) is 11.8. The van der Waals surface area contributed by atoms with Gasteiger partial charge in [-0.2, -0.15) is 0 Å². The highest BCUT2D eigenvalue weighted by Gasteiger charge is 2.32. The van der Waals surface area contributed by atoms with Crippen LogP contribution in [0.3, 0.4) is 0 Å². The zero-order valence-electron chi connectivity index (χ0n) is 12.7. The number of rotatable bonds is 6. The Morgan fingerprint density at radius 2 is 1.91 bits per heavy atom. The molecule has 0 atom stereocenters. The van der Waals surface area contributed by atoms with E-state index in [0.29, 0.717) is 18.4 Å². The van der Waals surface area contributed by atoms with E-state index in [4.69, 9.17) is 0 Å². The summed E-state index contributed by atoms with van der Waals surface area (Å²) in [6, 6.07) is 5.76. The van der Waals surface area contributed by atoms with Crippen LogP contribution < -0.4 is 10.1 Å². The minimum Gasteiger partial charge on any atom is -0.406 e. The first-order valence-corrected chi connectivity index (χ1v) is 7.60. The third-order valence-electron chi connectivity index (χ3n) is 3.97. The number of hydrogen-bond donors (Lipinski definition) is 2. The van der Waals surface area contributed by atoms with Crippen molar-refractivity contribution in [2.45, 2.75) is 50.5 Å². The molecule has 1 aliphatic rings. The molecular weight excluding hydrogens is 311 g/mol. The molecule has 1 aromatic rings. The van der Waals surface area contributed by atoms with Crippen molar-refractivity contribution in [2.24, 2.45) is 0 Å². The highest BCUT2D eigenvalue weighted by molar-refractivity contribution is 5.76. The van der Waals surface area contributed by atoms with Crippen molar-refractivity contribution in [2.75, 3.05) is 6.54 Å². The van der Waals surface area contributed by atoms with E-state index in [2.05, 4.69) is 10.1 Å². The van der Waals surface area contributed by atoms with Crippen LogP contribution in [0, 0.1) is 0 Å². The van der Waals surface area contributed by atoms with Gasteiger partial charge in [0.05, 0.1) is 5.60 Å². The highest BCUT2D eigenvalue weighted by atomic mass is 19.4. The predicted molar refractivity (Wildman–Crippen MR) is 77.9 cm³/mol. The second-order valence-electron chi connectivity index (χ2n) is 5.86. The van der Waals surface area contributed by atoms with Crippen molar-refractivity contribution in [1.29, 1.82) is 0 Å². The lowest BCUT2D eigenvalue weighted by atomic mass is 10.0. The van der Waals surface area contributed by atoms with Gasteiger partial charge in [0, 0.05) is 13.0 Å². The van der Waals surface area contributed by atoms with E-state index < -0.39 is 12.0 Å². The number of aliphatic hydroxyl groups is 1. The highest BCUT2D eigenvalue weighted by Crippen LogP contribution is 2.29. The third-order valence-corrected chi connectivity index (χ3v) is 3.97. The van der Waals surface area contributed by atoms with E-state index >= 15 is 0 Å². The van der Waals surface area contributed by atoms with Crippen LogP contribution in [0.5, 0.6) is 5.75 Å². The minimum absolute atomic E-state index is 0.0360. The molecule has 2 N–H and O–H groups in total. The summed E-state index contributed by atoms with van der Waals surface area (Å²) in [6.07, 6.45) is -1.39. The maximum Gasteiger partial charge on any atom is 0.573 e. The molecule has 0 unspecified atom stereocenters. The second-order valence-corrected chi connectivity index (χ2v) is 5.86. The van der Waals surface area contributed by atoms with Gasteiger partial charge in [-0.05, 0) is 30.9 Å². The fourth-order valence-corrected chi connectivity index (χ4v) is 2.74. The van der Waals surface area contributed by atoms with Gasteiger partial charge < -0.3 is 15.2 Å². The lowest BCUT2D eigenvalue weighted by Crippen LogP contribution is -2.40. The Labute approximate surface area is 132 Å². The Balaban J connectivity index is 1.84. The van der Waals surface area contributed by atoms with Gasteiger partial charge >= 0.3 is 6.36 Å². The van der Waals surface area contributed by atoms with E-state index in [-0.39, 0.29) is 31.0 Å². The summed E-state index contributed by atoms with van der Waals surface area (Å²) in [5, 5.41) is 12.8. The van der Waals surface area contributed by atoms with E-state index in [1.807, 2.05) is 0 Å². The van der Waals surface area contributed by atoms with Crippen molar-refractivity contribution in [3.63, 3.8) is 0 Å². The van der Waals surface area contributed by atoms with E-state index in [0.717, 1.165) is 12.8 Å². The van der Waals surface area contributed by atoms with Crippen molar-refractivity contribution in [1.82, 2.24) is 5.32 Å². The molecule has 0 heterocycles. The zero-order chi connectivity index (χ0) is 16.9. The van der Waals surface area contributed by atoms with Crippen LogP contribution in [0.25, 0.3) is 0 Å². The number of alkyl halides is 3. The predicted octanol–water partition coefficient (Wildman–Crippen LogP) is 2.94. The normalized spacial score (nSPS) is 17.0. The summed E-state index contributed by atoms with van der Waals surface area (Å²) in [5.41, 5.74) is -0.521. The van der Waals surface area contributed by atoms with Gasteiger partial charge in [-0.25, -0.2) is 0 Å². The second kappa shape index (κ2) is 7.21. The van der Waals surface area contributed by atoms with Crippen LogP contribution in [0.4, 0.5) is 13.2 Å². The topological polar surface area (TPSA) is 58.6 Å². The number of para-hydroxylation sites is 1. The molecule has 2 rings (SSSR count). The summed E-state index contributed by atoms with van der Waals surface area (Å²) in [5.74, 6) is -0.589. The molecule has 7 heteroatoms. The Morgan fingerprint density at radius 3 is 2.57 bits per heavy atom. The average molecular weight is 331 g/mol. The maximum absolute atomic E-state index is 12.3. The molecule has 0 spiro atoms. The van der Waals surface area contributed by atoms with Gasteiger partial charge in [-0.15, -0.1) is 13.2 Å². The molecule has 1 amide bonds. The molecule has 0 bridgehead atoms. The molecule has 0 radical (unpaired) electrons. The monoisotopic (exact) mass is 331 g/mol. The molecule has 1 fully saturated rings. The first-order chi connectivity index (χ1) is 10.8. The molecule has 0 aliphatic heterocycles. The molecule has 1 aromatic carbocycles. The van der Waals surface area contributed by atoms with Gasteiger partial charge in [-0.1, -0.05) is 31.0 Å². The number of aryl methyl sites for hydroxylation is 1. The number of hydrogen-bond acceptors (Lipinski definition) is 3. The van der Waals surface area contributed by atoms with Crippen molar-refractivity contribution < 1.29 is 27.8 Å². The van der Waals surface area contributed by atoms with Crippen molar-refractivity contribution in [3.8, 4) is 5.75 Å². The zero-order valence-corrected chi connectivity index (χ0v) is 12.7. The van der Waals surface area contributed by atoms with Crippen LogP contribution in [0.1, 0.15) is 37.7 Å². The van der Waals surface area contributed by atoms with Gasteiger partial charge in [0.25, 0.3) is 0 Å². The molecule has 0 saturated heterocycles. The standard InChI is InChI=1S/C16H20F3NO3/c17-16(18,19)23-13-6-2-1-5-12(13)7-8-14(21)20-11-15(22)9-3-4-10-15/h1-2,5-6,22H,3-4,7-11H2,(H,20,21). The van der Waals surface area contributed by atoms with Crippen LogP contribution >= 0.6 is 0 Å². The number of benzene rings is 1. The molecule has 4 nitrogen and oxygen atoms in total. The number of nitrogens with one attached hydrogen (secondary N) is 1. The number of ether oxygens (including phenoxy) is 1. The number of carbonyl (C=O) groups is 1. The number of halogens is 3. The largest absolute Gasteiger partial charge is 0.573 e. The van der Waals surface area contributed by atoms with Gasteiger partial charge in [0.2, 0.25) is 5.91 Å². The minimum atomic E-state index is -4.76. The smallest absolute Gasteiger partial charge is 0.406 e. The Morgan fingerprint density at radius 1 is 1.26 bits per heavy atom. The number of carbonyl (C=O) groups excluding carboxylic acids is 1. The van der Waals surface area contributed by atoms with Crippen LogP contribution in [-0.2, 0) is 11.2 Å². The molecule has 23 heavy (non-hydrogen) atoms. The average Bonchev–Trinajstić information content (AvgIpc) is 2.90. The summed E-state index contributed by atoms with van der Waals surface area (Å²) in [6.45, 7) is 0.187. The molecular formula is C16H20F3NO3. The first-order valence-electron chi connectivity index (χ1n) is 7.60. The lowest BCUT2D eigenvalue weighted by Gasteiger charge is -2.22. The first kappa shape index (κ1) is 17.6. The quantitative estimate of drug-likeness (QED) is 0.843. The Bertz CT molecular complexity index is 540. The van der Waals surface area contributed by atoms with Gasteiger partial charge in [-0.3, -0.25) is 4.79 Å². The molecule has 0 aromatic heterocycles. The van der Waals surface area contributed by atoms with Crippen molar-refractivity contribution in [3.05, 3.63) is 29.8 Å². The fourth-order valence-electron chi connectivity index (χ4n) is 2.74. The SMILES string of the molecule is O=C(CCc1ccccc1OC(F)(F)F)NCC1(O)CCCC1. The number of amides is 1. The summed E-state index contributed by atoms with van der Waals surface area (Å²) in [7, 11) is 0. The Kier molecular flexibility index (Phi) is 5.51. The van der Waals surface area contributed by atoms with Crippen LogP contribution in [0.2, 0.25) is 0 Å². The van der Waals surface area contributed by atoms with Gasteiger partial charge in [0.15, 0.2) is 0 Å². The van der Waals surface area contributed by atoms with E-state index in [1.54, 1.807) is 6.07 Å². The van der Waals surface area contributed by atoms with Gasteiger partial charge in [0.1, 0.15) is 5.75 Å². The lowest BCUT2D eigenvalue weighted by molar-refractivity contribution is -0.274. The van der Waals surface area contributed by atoms with Crippen molar-refractivity contribution >= 4 is 5.91 Å². The van der Waals surface area contributed by atoms with E-state index in [9.17, 15) is 23.1 Å². The van der Waals surface area contributed by atoms with Crippen LogP contribution in [-0.4, -0.2) is 29.5 Å². The molecule has 1 aliphatic carbocycles. The Hall–Kier alpha value is -1.76.